The van der Waals surface area contributed by atoms with Gasteiger partial charge in [0.15, 0.2) is 23.1 Å². The number of phenolic OH excluding ortho intramolecular Hbond substituents is 2. The summed E-state index contributed by atoms with van der Waals surface area (Å²) >= 11 is 0. The number of phenols is 2. The SMILES string of the molecule is Oc1ccc(C(c2ccc(F)cc2)c2ccc(O)c(F)c2F)c(F)c1F. The number of hydrogen-bond acceptors (Lipinski definition) is 2. The second kappa shape index (κ2) is 6.67. The summed E-state index contributed by atoms with van der Waals surface area (Å²) in [5, 5.41) is 18.6. The van der Waals surface area contributed by atoms with Crippen LogP contribution in [-0.2, 0) is 0 Å². The van der Waals surface area contributed by atoms with E-state index in [4.69, 9.17) is 0 Å². The van der Waals surface area contributed by atoms with Gasteiger partial charge in [0.25, 0.3) is 0 Å². The molecule has 3 rings (SSSR count). The zero-order valence-electron chi connectivity index (χ0n) is 13.0. The Kier molecular flexibility index (Phi) is 4.54. The van der Waals surface area contributed by atoms with Crippen molar-refractivity contribution in [3.63, 3.8) is 0 Å². The van der Waals surface area contributed by atoms with Gasteiger partial charge in [-0.2, -0.15) is 8.78 Å². The second-order valence-electron chi connectivity index (χ2n) is 5.59. The lowest BCUT2D eigenvalue weighted by atomic mass is 9.84. The van der Waals surface area contributed by atoms with E-state index >= 15 is 0 Å². The summed E-state index contributed by atoms with van der Waals surface area (Å²) in [6, 6.07) is 8.29. The molecule has 0 fully saturated rings. The standard InChI is InChI=1S/C19H11F5O2/c20-10-3-1-9(2-4-10)15(11-5-7-13(25)18(23)16(11)21)12-6-8-14(26)19(24)17(12)22/h1-8,15,25-26H. The van der Waals surface area contributed by atoms with Gasteiger partial charge in [0.1, 0.15) is 5.82 Å². The van der Waals surface area contributed by atoms with E-state index in [1.165, 1.54) is 12.1 Å². The molecule has 0 spiro atoms. The van der Waals surface area contributed by atoms with Crippen LogP contribution in [0.15, 0.2) is 48.5 Å². The van der Waals surface area contributed by atoms with E-state index in [0.29, 0.717) is 0 Å². The van der Waals surface area contributed by atoms with Crippen molar-refractivity contribution in [2.24, 2.45) is 0 Å². The van der Waals surface area contributed by atoms with Gasteiger partial charge in [0.05, 0.1) is 0 Å². The van der Waals surface area contributed by atoms with Crippen LogP contribution in [0.3, 0.4) is 0 Å². The highest BCUT2D eigenvalue weighted by Gasteiger charge is 2.28. The van der Waals surface area contributed by atoms with Crippen molar-refractivity contribution >= 4 is 0 Å². The molecular weight excluding hydrogens is 355 g/mol. The normalized spacial score (nSPS) is 11.2. The summed E-state index contributed by atoms with van der Waals surface area (Å²) in [5.74, 6) is -9.84. The molecule has 0 heterocycles. The molecule has 0 aliphatic rings. The Morgan fingerprint density at radius 2 is 0.962 bits per heavy atom. The summed E-state index contributed by atoms with van der Waals surface area (Å²) in [4.78, 5) is 0. The Balaban J connectivity index is 2.30. The first kappa shape index (κ1) is 17.7. The molecular formula is C19H11F5O2. The average Bonchev–Trinajstić information content (AvgIpc) is 2.63. The van der Waals surface area contributed by atoms with Gasteiger partial charge in [-0.3, -0.25) is 0 Å². The molecule has 0 atom stereocenters. The van der Waals surface area contributed by atoms with Crippen molar-refractivity contribution in [3.05, 3.63) is 94.3 Å². The van der Waals surface area contributed by atoms with Gasteiger partial charge in [-0.1, -0.05) is 24.3 Å². The van der Waals surface area contributed by atoms with E-state index in [1.54, 1.807) is 0 Å². The lowest BCUT2D eigenvalue weighted by Gasteiger charge is -2.21. The first-order chi connectivity index (χ1) is 12.3. The lowest BCUT2D eigenvalue weighted by molar-refractivity contribution is 0.399. The number of hydrogen-bond donors (Lipinski definition) is 2. The quantitative estimate of drug-likeness (QED) is 0.507. The van der Waals surface area contributed by atoms with Crippen LogP contribution in [0.25, 0.3) is 0 Å². The molecule has 0 radical (unpaired) electrons. The molecule has 3 aromatic carbocycles. The molecule has 3 aromatic rings. The number of rotatable bonds is 3. The molecule has 0 bridgehead atoms. The molecule has 0 aliphatic carbocycles. The van der Waals surface area contributed by atoms with E-state index in [1.807, 2.05) is 0 Å². The highest BCUT2D eigenvalue weighted by atomic mass is 19.2. The highest BCUT2D eigenvalue weighted by molar-refractivity contribution is 5.47. The summed E-state index contributed by atoms with van der Waals surface area (Å²) in [5.41, 5.74) is -0.633. The summed E-state index contributed by atoms with van der Waals surface area (Å²) in [6.45, 7) is 0. The molecule has 134 valence electrons. The van der Waals surface area contributed by atoms with Crippen LogP contribution in [0.2, 0.25) is 0 Å². The summed E-state index contributed by atoms with van der Waals surface area (Å²) in [6.07, 6.45) is 0. The fourth-order valence-corrected chi connectivity index (χ4v) is 2.74. The van der Waals surface area contributed by atoms with E-state index in [9.17, 15) is 32.2 Å². The van der Waals surface area contributed by atoms with E-state index in [0.717, 1.165) is 36.4 Å². The molecule has 2 N–H and O–H groups in total. The van der Waals surface area contributed by atoms with Gasteiger partial charge in [-0.15, -0.1) is 0 Å². The van der Waals surface area contributed by atoms with Crippen LogP contribution in [0.1, 0.15) is 22.6 Å². The second-order valence-corrected chi connectivity index (χ2v) is 5.59. The van der Waals surface area contributed by atoms with Crippen molar-refractivity contribution < 1.29 is 32.2 Å². The molecule has 26 heavy (non-hydrogen) atoms. The summed E-state index contributed by atoms with van der Waals surface area (Å²) in [7, 11) is 0. The van der Waals surface area contributed by atoms with Crippen molar-refractivity contribution in [2.45, 2.75) is 5.92 Å². The smallest absolute Gasteiger partial charge is 0.200 e. The van der Waals surface area contributed by atoms with Crippen LogP contribution >= 0.6 is 0 Å². The van der Waals surface area contributed by atoms with Crippen LogP contribution in [0, 0.1) is 29.1 Å². The fourth-order valence-electron chi connectivity index (χ4n) is 2.74. The first-order valence-electron chi connectivity index (χ1n) is 7.40. The van der Waals surface area contributed by atoms with E-state index < -0.39 is 57.6 Å². The first-order valence-corrected chi connectivity index (χ1v) is 7.40. The topological polar surface area (TPSA) is 40.5 Å². The van der Waals surface area contributed by atoms with Crippen LogP contribution in [0.5, 0.6) is 11.5 Å². The minimum absolute atomic E-state index is 0.152. The van der Waals surface area contributed by atoms with Crippen LogP contribution in [-0.4, -0.2) is 10.2 Å². The molecule has 0 saturated heterocycles. The molecule has 0 aromatic heterocycles. The molecule has 0 unspecified atom stereocenters. The maximum Gasteiger partial charge on any atom is 0.200 e. The number of halogens is 5. The minimum atomic E-state index is -1.55. The Morgan fingerprint density at radius 1 is 0.538 bits per heavy atom. The average molecular weight is 366 g/mol. The third-order valence-corrected chi connectivity index (χ3v) is 4.01. The van der Waals surface area contributed by atoms with Gasteiger partial charge in [-0.05, 0) is 29.8 Å². The monoisotopic (exact) mass is 366 g/mol. The molecule has 7 heteroatoms. The predicted octanol–water partition coefficient (Wildman–Crippen LogP) is 4.97. The molecule has 0 aliphatic heterocycles. The van der Waals surface area contributed by atoms with Gasteiger partial charge in [-0.25, -0.2) is 13.2 Å². The Hall–Kier alpha value is -3.09. The zero-order chi connectivity index (χ0) is 19.0. The van der Waals surface area contributed by atoms with Gasteiger partial charge >= 0.3 is 0 Å². The van der Waals surface area contributed by atoms with Gasteiger partial charge in [0, 0.05) is 17.0 Å². The van der Waals surface area contributed by atoms with Crippen molar-refractivity contribution in [2.75, 3.05) is 0 Å². The van der Waals surface area contributed by atoms with Crippen molar-refractivity contribution in [1.29, 1.82) is 0 Å². The lowest BCUT2D eigenvalue weighted by Crippen LogP contribution is -2.10. The fraction of sp³-hybridized carbons (Fsp3) is 0.0526. The maximum atomic E-state index is 14.4. The third-order valence-electron chi connectivity index (χ3n) is 4.01. The molecule has 0 saturated carbocycles. The number of aromatic hydroxyl groups is 2. The van der Waals surface area contributed by atoms with E-state index in [-0.39, 0.29) is 5.56 Å². The van der Waals surface area contributed by atoms with Crippen LogP contribution in [0.4, 0.5) is 22.0 Å². The van der Waals surface area contributed by atoms with E-state index in [2.05, 4.69) is 0 Å². The van der Waals surface area contributed by atoms with Crippen molar-refractivity contribution in [1.82, 2.24) is 0 Å². The molecule has 2 nitrogen and oxygen atoms in total. The Bertz CT molecular complexity index is 913. The third kappa shape index (κ3) is 2.96. The summed E-state index contributed by atoms with van der Waals surface area (Å²) < 4.78 is 69.6. The highest BCUT2D eigenvalue weighted by Crippen LogP contribution is 2.38. The number of benzene rings is 3. The van der Waals surface area contributed by atoms with Crippen LogP contribution < -0.4 is 0 Å². The zero-order valence-corrected chi connectivity index (χ0v) is 13.0. The van der Waals surface area contributed by atoms with Crippen molar-refractivity contribution in [3.8, 4) is 11.5 Å². The minimum Gasteiger partial charge on any atom is -0.505 e. The predicted molar refractivity (Wildman–Crippen MR) is 83.4 cm³/mol. The largest absolute Gasteiger partial charge is 0.505 e. The Labute approximate surface area is 144 Å². The van der Waals surface area contributed by atoms with Gasteiger partial charge in [0.2, 0.25) is 11.6 Å². The maximum absolute atomic E-state index is 14.4. The molecule has 0 amide bonds. The van der Waals surface area contributed by atoms with Gasteiger partial charge < -0.3 is 10.2 Å². The Morgan fingerprint density at radius 3 is 1.38 bits per heavy atom.